The third kappa shape index (κ3) is 3.76. The number of carbonyl (C=O) groups is 1. The number of primary amides is 1. The molecular formula is C21H20ClN5O2S. The summed E-state index contributed by atoms with van der Waals surface area (Å²) in [6, 6.07) is 14.6. The van der Waals surface area contributed by atoms with E-state index < -0.39 is 11.9 Å². The van der Waals surface area contributed by atoms with Crippen molar-refractivity contribution in [2.24, 2.45) is 5.73 Å². The molecule has 1 atom stereocenters. The van der Waals surface area contributed by atoms with Gasteiger partial charge in [-0.1, -0.05) is 59.8 Å². The van der Waals surface area contributed by atoms with Gasteiger partial charge in [-0.3, -0.25) is 4.79 Å². The molecule has 4 rings (SSSR count). The highest BCUT2D eigenvalue weighted by atomic mass is 35.5. The number of aromatic nitrogens is 3. The Kier molecular flexibility index (Phi) is 5.69. The SMILES string of the molecule is COc1ccccc1[C@@H]1C(C(N)=O)=C(C)Nc2nc(SCc3ccccc3Cl)nn21. The number of fused-ring (bicyclic) bond motifs is 1. The Morgan fingerprint density at radius 1 is 1.27 bits per heavy atom. The molecule has 2 heterocycles. The maximum absolute atomic E-state index is 12.3. The van der Waals surface area contributed by atoms with E-state index in [9.17, 15) is 4.79 Å². The summed E-state index contributed by atoms with van der Waals surface area (Å²) in [6.07, 6.45) is 0. The average Bonchev–Trinajstić information content (AvgIpc) is 3.14. The van der Waals surface area contributed by atoms with Gasteiger partial charge in [0.05, 0.1) is 12.7 Å². The minimum Gasteiger partial charge on any atom is -0.496 e. The fraction of sp³-hybridized carbons (Fsp3) is 0.190. The van der Waals surface area contributed by atoms with Crippen LogP contribution in [-0.2, 0) is 10.5 Å². The second-order valence-corrected chi connectivity index (χ2v) is 8.06. The van der Waals surface area contributed by atoms with Gasteiger partial charge in [0.1, 0.15) is 11.8 Å². The molecular weight excluding hydrogens is 422 g/mol. The van der Waals surface area contributed by atoms with E-state index in [-0.39, 0.29) is 0 Å². The fourth-order valence-electron chi connectivity index (χ4n) is 3.45. The van der Waals surface area contributed by atoms with Crippen LogP contribution in [0.25, 0.3) is 0 Å². The molecule has 0 saturated heterocycles. The van der Waals surface area contributed by atoms with E-state index in [1.807, 2.05) is 48.5 Å². The summed E-state index contributed by atoms with van der Waals surface area (Å²) in [5.41, 5.74) is 8.57. The second-order valence-electron chi connectivity index (χ2n) is 6.72. The molecule has 9 heteroatoms. The number of hydrogen-bond donors (Lipinski definition) is 2. The molecule has 0 spiro atoms. The van der Waals surface area contributed by atoms with Crippen LogP contribution >= 0.6 is 23.4 Å². The Morgan fingerprint density at radius 2 is 2.00 bits per heavy atom. The standard InChI is InChI=1S/C21H20ClN5O2S/c1-12-17(19(23)28)18(14-8-4-6-10-16(14)29-2)27-20(24-12)25-21(26-27)30-11-13-7-3-5-9-15(13)22/h3-10,18H,11H2,1-2H3,(H2,23,28)(H,24,25,26)/t18-/m1/s1. The quantitative estimate of drug-likeness (QED) is 0.561. The van der Waals surface area contributed by atoms with Gasteiger partial charge in [-0.2, -0.15) is 4.98 Å². The predicted molar refractivity (Wildman–Crippen MR) is 118 cm³/mol. The van der Waals surface area contributed by atoms with Crippen LogP contribution in [0, 0.1) is 0 Å². The van der Waals surface area contributed by atoms with Crippen LogP contribution < -0.4 is 15.8 Å². The number of amides is 1. The molecule has 30 heavy (non-hydrogen) atoms. The second kappa shape index (κ2) is 8.41. The van der Waals surface area contributed by atoms with Crippen LogP contribution in [0.1, 0.15) is 24.1 Å². The number of hydrogen-bond acceptors (Lipinski definition) is 6. The van der Waals surface area contributed by atoms with E-state index in [4.69, 9.17) is 22.1 Å². The number of anilines is 1. The minimum absolute atomic E-state index is 0.416. The lowest BCUT2D eigenvalue weighted by atomic mass is 9.94. The summed E-state index contributed by atoms with van der Waals surface area (Å²) in [5.74, 6) is 1.28. The number of nitrogens with zero attached hydrogens (tertiary/aromatic N) is 3. The predicted octanol–water partition coefficient (Wildman–Crippen LogP) is 4.01. The number of thioether (sulfide) groups is 1. The number of rotatable bonds is 6. The summed E-state index contributed by atoms with van der Waals surface area (Å²) < 4.78 is 7.21. The van der Waals surface area contributed by atoms with E-state index in [0.717, 1.165) is 11.1 Å². The minimum atomic E-state index is -0.544. The summed E-state index contributed by atoms with van der Waals surface area (Å²) in [6.45, 7) is 1.80. The summed E-state index contributed by atoms with van der Waals surface area (Å²) >= 11 is 7.72. The van der Waals surface area contributed by atoms with Crippen molar-refractivity contribution in [2.75, 3.05) is 12.4 Å². The van der Waals surface area contributed by atoms with Gasteiger partial charge >= 0.3 is 0 Å². The zero-order valence-corrected chi connectivity index (χ0v) is 18.0. The Morgan fingerprint density at radius 3 is 2.73 bits per heavy atom. The number of allylic oxidation sites excluding steroid dienone is 1. The molecule has 7 nitrogen and oxygen atoms in total. The van der Waals surface area contributed by atoms with Crippen LogP contribution in [0.3, 0.4) is 0 Å². The maximum atomic E-state index is 12.3. The molecule has 0 saturated carbocycles. The number of ether oxygens (including phenoxy) is 1. The first-order valence-electron chi connectivity index (χ1n) is 9.23. The molecule has 1 amide bonds. The number of para-hydroxylation sites is 1. The van der Waals surface area contributed by atoms with Crippen molar-refractivity contribution >= 4 is 35.2 Å². The molecule has 0 unspecified atom stereocenters. The van der Waals surface area contributed by atoms with Gasteiger partial charge < -0.3 is 15.8 Å². The van der Waals surface area contributed by atoms with Crippen LogP contribution in [0.5, 0.6) is 5.75 Å². The molecule has 3 aromatic rings. The molecule has 0 fully saturated rings. The van der Waals surface area contributed by atoms with Gasteiger partial charge in [0.15, 0.2) is 0 Å². The van der Waals surface area contributed by atoms with Crippen molar-refractivity contribution in [3.63, 3.8) is 0 Å². The molecule has 0 aliphatic carbocycles. The first kappa shape index (κ1) is 20.3. The van der Waals surface area contributed by atoms with E-state index >= 15 is 0 Å². The van der Waals surface area contributed by atoms with Crippen molar-refractivity contribution in [3.05, 3.63) is 76.0 Å². The number of methoxy groups -OCH3 is 1. The zero-order chi connectivity index (χ0) is 21.3. The zero-order valence-electron chi connectivity index (χ0n) is 16.4. The van der Waals surface area contributed by atoms with Crippen LogP contribution in [0.15, 0.2) is 65.0 Å². The molecule has 1 aliphatic heterocycles. The number of carbonyl (C=O) groups excluding carboxylic acids is 1. The molecule has 2 aromatic carbocycles. The highest BCUT2D eigenvalue weighted by Crippen LogP contribution is 2.39. The lowest BCUT2D eigenvalue weighted by Crippen LogP contribution is -2.32. The van der Waals surface area contributed by atoms with Crippen molar-refractivity contribution in [2.45, 2.75) is 23.9 Å². The van der Waals surface area contributed by atoms with Crippen LogP contribution in [-0.4, -0.2) is 27.8 Å². The number of nitrogens with one attached hydrogen (secondary N) is 1. The number of benzene rings is 2. The van der Waals surface area contributed by atoms with Gasteiger partial charge in [-0.05, 0) is 24.6 Å². The number of halogens is 1. The number of nitrogens with two attached hydrogens (primary N) is 1. The Labute approximate surface area is 183 Å². The largest absolute Gasteiger partial charge is 0.496 e. The highest BCUT2D eigenvalue weighted by molar-refractivity contribution is 7.98. The van der Waals surface area contributed by atoms with E-state index in [1.54, 1.807) is 18.7 Å². The molecule has 0 radical (unpaired) electrons. The van der Waals surface area contributed by atoms with Gasteiger partial charge in [-0.25, -0.2) is 4.68 Å². The summed E-state index contributed by atoms with van der Waals surface area (Å²) in [7, 11) is 1.59. The normalized spacial score (nSPS) is 15.5. The van der Waals surface area contributed by atoms with Gasteiger partial charge in [-0.15, -0.1) is 5.10 Å². The lowest BCUT2D eigenvalue weighted by Gasteiger charge is -2.28. The van der Waals surface area contributed by atoms with Gasteiger partial charge in [0.2, 0.25) is 17.0 Å². The van der Waals surface area contributed by atoms with Gasteiger partial charge in [0, 0.05) is 22.0 Å². The van der Waals surface area contributed by atoms with Crippen molar-refractivity contribution in [1.29, 1.82) is 0 Å². The van der Waals surface area contributed by atoms with Crippen molar-refractivity contribution < 1.29 is 9.53 Å². The monoisotopic (exact) mass is 441 g/mol. The van der Waals surface area contributed by atoms with Crippen molar-refractivity contribution in [3.8, 4) is 5.75 Å². The topological polar surface area (TPSA) is 95.1 Å². The van der Waals surface area contributed by atoms with E-state index in [0.29, 0.717) is 38.9 Å². The van der Waals surface area contributed by atoms with E-state index in [1.165, 1.54) is 11.8 Å². The summed E-state index contributed by atoms with van der Waals surface area (Å²) in [4.78, 5) is 16.9. The third-order valence-corrected chi connectivity index (χ3v) is 6.10. The highest BCUT2D eigenvalue weighted by Gasteiger charge is 2.34. The van der Waals surface area contributed by atoms with Crippen molar-refractivity contribution in [1.82, 2.24) is 14.8 Å². The van der Waals surface area contributed by atoms with Crippen LogP contribution in [0.4, 0.5) is 5.95 Å². The van der Waals surface area contributed by atoms with Crippen LogP contribution in [0.2, 0.25) is 5.02 Å². The molecule has 0 bridgehead atoms. The first-order chi connectivity index (χ1) is 14.5. The smallest absolute Gasteiger partial charge is 0.248 e. The Bertz CT molecular complexity index is 1140. The van der Waals surface area contributed by atoms with E-state index in [2.05, 4.69) is 15.4 Å². The lowest BCUT2D eigenvalue weighted by molar-refractivity contribution is -0.115. The molecule has 1 aliphatic rings. The third-order valence-electron chi connectivity index (χ3n) is 4.85. The van der Waals surface area contributed by atoms with Gasteiger partial charge in [0.25, 0.3) is 0 Å². The summed E-state index contributed by atoms with van der Waals surface area (Å²) in [5, 5.41) is 9.07. The first-order valence-corrected chi connectivity index (χ1v) is 10.6. The Balaban J connectivity index is 1.73. The maximum Gasteiger partial charge on any atom is 0.248 e. The molecule has 3 N–H and O–H groups in total. The fourth-order valence-corrected chi connectivity index (χ4v) is 4.56. The average molecular weight is 442 g/mol. The molecule has 1 aromatic heterocycles. The molecule has 154 valence electrons. The Hall–Kier alpha value is -2.97.